The van der Waals surface area contributed by atoms with Gasteiger partial charge in [-0.3, -0.25) is 4.90 Å². The van der Waals surface area contributed by atoms with Crippen molar-refractivity contribution in [3.05, 3.63) is 63.7 Å². The van der Waals surface area contributed by atoms with Crippen LogP contribution in [0.15, 0.2) is 30.3 Å². The molecule has 2 aromatic carbocycles. The average molecular weight is 376 g/mol. The van der Waals surface area contributed by atoms with Gasteiger partial charge in [0.2, 0.25) is 5.72 Å². The van der Waals surface area contributed by atoms with Gasteiger partial charge in [0.05, 0.1) is 24.3 Å². The van der Waals surface area contributed by atoms with E-state index in [0.717, 1.165) is 10.5 Å². The SMILES string of the molecule is COc1cc(C)cc(C)c1C(O)(N1Cc2ccc(C#N)cc2C1)C(F)(F)F. The molecule has 0 amide bonds. The summed E-state index contributed by atoms with van der Waals surface area (Å²) < 4.78 is 47.8. The third kappa shape index (κ3) is 3.05. The van der Waals surface area contributed by atoms with Crippen LogP contribution in [0.3, 0.4) is 0 Å². The number of ether oxygens (including phenoxy) is 1. The molecule has 0 spiro atoms. The average Bonchev–Trinajstić information content (AvgIpc) is 3.02. The van der Waals surface area contributed by atoms with Gasteiger partial charge in [-0.05, 0) is 54.3 Å². The van der Waals surface area contributed by atoms with Crippen molar-refractivity contribution >= 4 is 0 Å². The first-order valence-corrected chi connectivity index (χ1v) is 8.33. The summed E-state index contributed by atoms with van der Waals surface area (Å²) in [7, 11) is 1.28. The molecule has 1 N–H and O–H groups in total. The Morgan fingerprint density at radius 1 is 1.11 bits per heavy atom. The van der Waals surface area contributed by atoms with Crippen molar-refractivity contribution in [1.82, 2.24) is 4.90 Å². The molecule has 4 nitrogen and oxygen atoms in total. The molecular weight excluding hydrogens is 357 g/mol. The van der Waals surface area contributed by atoms with Crippen molar-refractivity contribution in [1.29, 1.82) is 5.26 Å². The predicted molar refractivity (Wildman–Crippen MR) is 92.8 cm³/mol. The van der Waals surface area contributed by atoms with Gasteiger partial charge >= 0.3 is 6.18 Å². The van der Waals surface area contributed by atoms with Crippen molar-refractivity contribution in [3.8, 4) is 11.8 Å². The van der Waals surface area contributed by atoms with E-state index in [4.69, 9.17) is 10.00 Å². The van der Waals surface area contributed by atoms with Gasteiger partial charge in [-0.15, -0.1) is 0 Å². The second kappa shape index (κ2) is 6.55. The van der Waals surface area contributed by atoms with Gasteiger partial charge in [-0.2, -0.15) is 18.4 Å². The van der Waals surface area contributed by atoms with Gasteiger partial charge in [0.25, 0.3) is 0 Å². The lowest BCUT2D eigenvalue weighted by Gasteiger charge is -2.40. The zero-order valence-corrected chi connectivity index (χ0v) is 15.2. The molecule has 0 fully saturated rings. The van der Waals surface area contributed by atoms with Crippen LogP contribution < -0.4 is 4.74 Å². The maximum absolute atomic E-state index is 14.2. The van der Waals surface area contributed by atoms with E-state index in [2.05, 4.69) is 0 Å². The monoisotopic (exact) mass is 376 g/mol. The Morgan fingerprint density at radius 2 is 1.78 bits per heavy atom. The fraction of sp³-hybridized carbons (Fsp3) is 0.350. The Hall–Kier alpha value is -2.56. The second-order valence-corrected chi connectivity index (χ2v) is 6.78. The van der Waals surface area contributed by atoms with Crippen LogP contribution in [0.25, 0.3) is 0 Å². The molecule has 1 aliphatic rings. The molecule has 1 atom stereocenters. The Labute approximate surface area is 155 Å². The summed E-state index contributed by atoms with van der Waals surface area (Å²) in [6, 6.07) is 9.81. The minimum absolute atomic E-state index is 0.0130. The van der Waals surface area contributed by atoms with Gasteiger partial charge in [0.1, 0.15) is 5.75 Å². The molecule has 7 heteroatoms. The number of nitrogens with zero attached hydrogens (tertiary/aromatic N) is 2. The van der Waals surface area contributed by atoms with Crippen LogP contribution in [0.5, 0.6) is 5.75 Å². The zero-order valence-electron chi connectivity index (χ0n) is 15.2. The van der Waals surface area contributed by atoms with Crippen molar-refractivity contribution in [2.75, 3.05) is 7.11 Å². The zero-order chi connectivity index (χ0) is 20.0. The van der Waals surface area contributed by atoms with E-state index in [9.17, 15) is 18.3 Å². The summed E-state index contributed by atoms with van der Waals surface area (Å²) in [4.78, 5) is 0.971. The van der Waals surface area contributed by atoms with E-state index in [-0.39, 0.29) is 24.4 Å². The normalized spacial score (nSPS) is 16.5. The van der Waals surface area contributed by atoms with Crippen molar-refractivity contribution < 1.29 is 23.0 Å². The van der Waals surface area contributed by atoms with Crippen LogP contribution in [-0.4, -0.2) is 23.3 Å². The number of hydrogen-bond donors (Lipinski definition) is 1. The lowest BCUT2D eigenvalue weighted by Crippen LogP contribution is -2.54. The van der Waals surface area contributed by atoms with E-state index in [1.807, 2.05) is 6.07 Å². The summed E-state index contributed by atoms with van der Waals surface area (Å²) >= 11 is 0. The predicted octanol–water partition coefficient (Wildman–Crippen LogP) is 3.91. The summed E-state index contributed by atoms with van der Waals surface area (Å²) in [5.41, 5.74) is -0.879. The summed E-state index contributed by atoms with van der Waals surface area (Å²) in [5, 5.41) is 20.1. The van der Waals surface area contributed by atoms with Crippen LogP contribution in [0, 0.1) is 25.2 Å². The summed E-state index contributed by atoms with van der Waals surface area (Å²) in [5.74, 6) is -0.0130. The van der Waals surface area contributed by atoms with Gasteiger partial charge in [0.15, 0.2) is 0 Å². The van der Waals surface area contributed by atoms with E-state index >= 15 is 0 Å². The molecule has 3 rings (SSSR count). The molecular formula is C20H19F3N2O2. The molecule has 1 aliphatic heterocycles. The van der Waals surface area contributed by atoms with Gasteiger partial charge < -0.3 is 9.84 Å². The number of hydrogen-bond acceptors (Lipinski definition) is 4. The highest BCUT2D eigenvalue weighted by atomic mass is 19.4. The maximum Gasteiger partial charge on any atom is 0.436 e. The number of halogens is 3. The summed E-state index contributed by atoms with van der Waals surface area (Å²) in [6.45, 7) is 3.06. The lowest BCUT2D eigenvalue weighted by molar-refractivity contribution is -0.328. The fourth-order valence-electron chi connectivity index (χ4n) is 3.71. The van der Waals surface area contributed by atoms with Crippen molar-refractivity contribution in [2.45, 2.75) is 38.8 Å². The van der Waals surface area contributed by atoms with Gasteiger partial charge in [-0.25, -0.2) is 0 Å². The second-order valence-electron chi connectivity index (χ2n) is 6.78. The topological polar surface area (TPSA) is 56.5 Å². The molecule has 0 radical (unpaired) electrons. The van der Waals surface area contributed by atoms with Crippen LogP contribution in [-0.2, 0) is 18.8 Å². The highest BCUT2D eigenvalue weighted by Gasteiger charge is 2.61. The highest BCUT2D eigenvalue weighted by molar-refractivity contribution is 5.48. The van der Waals surface area contributed by atoms with Crippen molar-refractivity contribution in [3.63, 3.8) is 0 Å². The number of rotatable bonds is 3. The number of nitriles is 1. The number of fused-ring (bicyclic) bond motifs is 1. The van der Waals surface area contributed by atoms with Crippen LogP contribution >= 0.6 is 0 Å². The molecule has 0 saturated carbocycles. The van der Waals surface area contributed by atoms with Gasteiger partial charge in [-0.1, -0.05) is 12.1 Å². The quantitative estimate of drug-likeness (QED) is 0.883. The van der Waals surface area contributed by atoms with Crippen LogP contribution in [0.4, 0.5) is 13.2 Å². The van der Waals surface area contributed by atoms with E-state index < -0.39 is 11.9 Å². The molecule has 27 heavy (non-hydrogen) atoms. The van der Waals surface area contributed by atoms with Crippen molar-refractivity contribution in [2.24, 2.45) is 0 Å². The molecule has 0 bridgehead atoms. The lowest BCUT2D eigenvalue weighted by atomic mass is 9.92. The highest BCUT2D eigenvalue weighted by Crippen LogP contribution is 2.49. The third-order valence-corrected chi connectivity index (χ3v) is 4.92. The largest absolute Gasteiger partial charge is 0.496 e. The first-order chi connectivity index (χ1) is 12.6. The third-order valence-electron chi connectivity index (χ3n) is 4.92. The van der Waals surface area contributed by atoms with E-state index in [0.29, 0.717) is 22.3 Å². The smallest absolute Gasteiger partial charge is 0.436 e. The molecule has 142 valence electrons. The molecule has 1 heterocycles. The fourth-order valence-corrected chi connectivity index (χ4v) is 3.71. The summed E-state index contributed by atoms with van der Waals surface area (Å²) in [6.07, 6.45) is -4.96. The molecule has 0 aromatic heterocycles. The number of alkyl halides is 3. The molecule has 2 aromatic rings. The van der Waals surface area contributed by atoms with Crippen LogP contribution in [0.2, 0.25) is 0 Å². The number of aliphatic hydroxyl groups is 1. The van der Waals surface area contributed by atoms with E-state index in [1.165, 1.54) is 20.1 Å². The minimum atomic E-state index is -4.96. The number of benzene rings is 2. The standard InChI is InChI=1S/C20H19F3N2O2/c1-12-6-13(2)18(17(7-12)27-3)19(26,20(21,22)23)25-10-15-5-4-14(9-24)8-16(15)11-25/h4-8,26H,10-11H2,1-3H3. The Bertz CT molecular complexity index is 934. The first kappa shape index (κ1) is 19.2. The first-order valence-electron chi connectivity index (χ1n) is 8.33. The minimum Gasteiger partial charge on any atom is -0.496 e. The Kier molecular flexibility index (Phi) is 4.66. The Balaban J connectivity index is 2.16. The maximum atomic E-state index is 14.2. The van der Waals surface area contributed by atoms with Gasteiger partial charge in [0, 0.05) is 13.1 Å². The Morgan fingerprint density at radius 3 is 2.37 bits per heavy atom. The number of methoxy groups -OCH3 is 1. The molecule has 0 saturated heterocycles. The molecule has 1 unspecified atom stereocenters. The molecule has 0 aliphatic carbocycles. The number of aryl methyl sites for hydroxylation is 2. The van der Waals surface area contributed by atoms with Crippen LogP contribution in [0.1, 0.15) is 33.4 Å². The van der Waals surface area contributed by atoms with E-state index in [1.54, 1.807) is 31.2 Å².